The Morgan fingerprint density at radius 3 is 2.52 bits per heavy atom. The number of rotatable bonds is 4. The summed E-state index contributed by atoms with van der Waals surface area (Å²) >= 11 is 4.76. The van der Waals surface area contributed by atoms with Gasteiger partial charge in [-0.1, -0.05) is 12.1 Å². The molecule has 0 atom stereocenters. The number of carbonyl (C=O) groups excluding carboxylic acids is 1. The number of benzene rings is 1. The number of halogens is 2. The van der Waals surface area contributed by atoms with Crippen molar-refractivity contribution in [1.82, 2.24) is 4.90 Å². The fourth-order valence-electron chi connectivity index (χ4n) is 4.24. The quantitative estimate of drug-likeness (QED) is 0.575. The molecular formula is C21H23BrFNO2S. The number of aldehydes is 1. The van der Waals surface area contributed by atoms with Crippen LogP contribution in [0, 0.1) is 5.82 Å². The molecule has 2 saturated heterocycles. The van der Waals surface area contributed by atoms with E-state index < -0.39 is 0 Å². The molecule has 27 heavy (non-hydrogen) atoms. The van der Waals surface area contributed by atoms with Crippen LogP contribution in [-0.4, -0.2) is 43.5 Å². The average molecular weight is 452 g/mol. The van der Waals surface area contributed by atoms with Crippen LogP contribution in [0.1, 0.15) is 46.8 Å². The Kier molecular flexibility index (Phi) is 6.07. The standard InChI is InChI=1S/C21H23BrFNO2S/c22-18-12-20(27-21(18)13-25)15-1-2-17(19(23)11-15)14-3-7-24(8-4-14)16-5-9-26-10-6-16/h1-2,11-14,16H,3-10H2. The first-order chi connectivity index (χ1) is 13.2. The molecule has 0 bridgehead atoms. The molecule has 0 amide bonds. The predicted molar refractivity (Wildman–Crippen MR) is 110 cm³/mol. The van der Waals surface area contributed by atoms with E-state index in [4.69, 9.17) is 4.74 Å². The highest BCUT2D eigenvalue weighted by Crippen LogP contribution is 2.37. The van der Waals surface area contributed by atoms with Crippen molar-refractivity contribution in [3.8, 4) is 10.4 Å². The zero-order valence-corrected chi connectivity index (χ0v) is 17.5. The summed E-state index contributed by atoms with van der Waals surface area (Å²) in [4.78, 5) is 15.1. The number of thiophene rings is 1. The minimum atomic E-state index is -0.130. The second-order valence-electron chi connectivity index (χ2n) is 7.33. The molecule has 2 aliphatic rings. The second kappa shape index (κ2) is 8.52. The molecule has 144 valence electrons. The SMILES string of the molecule is O=Cc1sc(-c2ccc(C3CCN(C4CCOCC4)CC3)c(F)c2)cc1Br. The van der Waals surface area contributed by atoms with Crippen LogP contribution in [0.25, 0.3) is 10.4 Å². The molecule has 3 nitrogen and oxygen atoms in total. The van der Waals surface area contributed by atoms with Crippen molar-refractivity contribution in [1.29, 1.82) is 0 Å². The maximum Gasteiger partial charge on any atom is 0.161 e. The lowest BCUT2D eigenvalue weighted by Crippen LogP contribution is -2.43. The van der Waals surface area contributed by atoms with Crippen LogP contribution in [0.3, 0.4) is 0 Å². The van der Waals surface area contributed by atoms with Gasteiger partial charge < -0.3 is 9.64 Å². The van der Waals surface area contributed by atoms with E-state index in [0.717, 1.165) is 78.7 Å². The minimum absolute atomic E-state index is 0.130. The fourth-order valence-corrected chi connectivity index (χ4v) is 5.82. The summed E-state index contributed by atoms with van der Waals surface area (Å²) in [6.07, 6.45) is 5.08. The van der Waals surface area contributed by atoms with Crippen molar-refractivity contribution in [2.24, 2.45) is 0 Å². The number of hydrogen-bond donors (Lipinski definition) is 0. The van der Waals surface area contributed by atoms with E-state index in [2.05, 4.69) is 20.8 Å². The summed E-state index contributed by atoms with van der Waals surface area (Å²) < 4.78 is 21.1. The molecule has 0 radical (unpaired) electrons. The Morgan fingerprint density at radius 1 is 1.15 bits per heavy atom. The number of hydrogen-bond acceptors (Lipinski definition) is 4. The number of likely N-dealkylation sites (tertiary alicyclic amines) is 1. The van der Waals surface area contributed by atoms with Gasteiger partial charge in [0.1, 0.15) is 5.82 Å². The zero-order chi connectivity index (χ0) is 18.8. The van der Waals surface area contributed by atoms with E-state index >= 15 is 0 Å². The molecule has 0 aliphatic carbocycles. The van der Waals surface area contributed by atoms with Crippen molar-refractivity contribution in [3.05, 3.63) is 45.0 Å². The number of nitrogens with zero attached hydrogens (tertiary/aromatic N) is 1. The summed E-state index contributed by atoms with van der Waals surface area (Å²) in [6, 6.07) is 8.06. The topological polar surface area (TPSA) is 29.5 Å². The number of carbonyl (C=O) groups is 1. The van der Waals surface area contributed by atoms with Crippen molar-refractivity contribution >= 4 is 33.6 Å². The van der Waals surface area contributed by atoms with Gasteiger partial charge in [0.25, 0.3) is 0 Å². The Morgan fingerprint density at radius 2 is 1.89 bits per heavy atom. The van der Waals surface area contributed by atoms with Crippen molar-refractivity contribution in [2.45, 2.75) is 37.6 Å². The first kappa shape index (κ1) is 19.2. The predicted octanol–water partition coefficient (Wildman–Crippen LogP) is 5.49. The molecule has 2 aromatic rings. The third kappa shape index (κ3) is 4.19. The van der Waals surface area contributed by atoms with Gasteiger partial charge in [0.05, 0.1) is 4.88 Å². The summed E-state index contributed by atoms with van der Waals surface area (Å²) in [7, 11) is 0. The Bertz CT molecular complexity index is 811. The molecule has 0 N–H and O–H groups in total. The van der Waals surface area contributed by atoms with E-state index in [-0.39, 0.29) is 11.7 Å². The Balaban J connectivity index is 1.44. The van der Waals surface area contributed by atoms with Gasteiger partial charge in [-0.25, -0.2) is 4.39 Å². The highest BCUT2D eigenvalue weighted by atomic mass is 79.9. The normalized spacial score (nSPS) is 20.1. The summed E-state index contributed by atoms with van der Waals surface area (Å²) in [5.41, 5.74) is 1.66. The molecule has 0 unspecified atom stereocenters. The summed E-state index contributed by atoms with van der Waals surface area (Å²) in [5.74, 6) is 0.157. The lowest BCUT2D eigenvalue weighted by atomic mass is 9.87. The maximum absolute atomic E-state index is 14.9. The second-order valence-corrected chi connectivity index (χ2v) is 9.27. The van der Waals surface area contributed by atoms with Gasteiger partial charge in [0.15, 0.2) is 6.29 Å². The maximum atomic E-state index is 14.9. The van der Waals surface area contributed by atoms with Crippen LogP contribution < -0.4 is 0 Å². The molecule has 0 spiro atoms. The largest absolute Gasteiger partial charge is 0.381 e. The van der Waals surface area contributed by atoms with Crippen molar-refractivity contribution < 1.29 is 13.9 Å². The first-order valence-corrected chi connectivity index (χ1v) is 11.1. The lowest BCUT2D eigenvalue weighted by Gasteiger charge is -2.39. The monoisotopic (exact) mass is 451 g/mol. The zero-order valence-electron chi connectivity index (χ0n) is 15.1. The van der Waals surface area contributed by atoms with E-state index in [0.29, 0.717) is 10.9 Å². The molecule has 3 heterocycles. The highest BCUT2D eigenvalue weighted by Gasteiger charge is 2.28. The molecule has 1 aromatic heterocycles. The van der Waals surface area contributed by atoms with Crippen LogP contribution in [0.5, 0.6) is 0 Å². The summed E-state index contributed by atoms with van der Waals surface area (Å²) in [6.45, 7) is 3.81. The van der Waals surface area contributed by atoms with Crippen LogP contribution in [0.2, 0.25) is 0 Å². The van der Waals surface area contributed by atoms with E-state index in [9.17, 15) is 9.18 Å². The smallest absolute Gasteiger partial charge is 0.161 e. The van der Waals surface area contributed by atoms with E-state index in [1.54, 1.807) is 6.07 Å². The molecular weight excluding hydrogens is 429 g/mol. The Hall–Kier alpha value is -1.08. The van der Waals surface area contributed by atoms with Crippen LogP contribution in [0.15, 0.2) is 28.7 Å². The number of piperidine rings is 1. The third-order valence-corrected chi connectivity index (χ3v) is 7.81. The van der Waals surface area contributed by atoms with Crippen molar-refractivity contribution in [2.75, 3.05) is 26.3 Å². The van der Waals surface area contributed by atoms with Gasteiger partial charge in [-0.05, 0) is 83.9 Å². The van der Waals surface area contributed by atoms with Crippen LogP contribution in [-0.2, 0) is 4.74 Å². The van der Waals surface area contributed by atoms with E-state index in [1.807, 2.05) is 18.2 Å². The Labute approximate surface area is 171 Å². The third-order valence-electron chi connectivity index (χ3n) is 5.78. The van der Waals surface area contributed by atoms with Crippen LogP contribution in [0.4, 0.5) is 4.39 Å². The summed E-state index contributed by atoms with van der Waals surface area (Å²) in [5, 5.41) is 0. The first-order valence-electron chi connectivity index (χ1n) is 9.52. The fraction of sp³-hybridized carbons (Fsp3) is 0.476. The van der Waals surface area contributed by atoms with Gasteiger partial charge in [-0.15, -0.1) is 11.3 Å². The minimum Gasteiger partial charge on any atom is -0.381 e. The average Bonchev–Trinajstić information content (AvgIpc) is 3.09. The lowest BCUT2D eigenvalue weighted by molar-refractivity contribution is 0.0250. The van der Waals surface area contributed by atoms with Crippen LogP contribution >= 0.6 is 27.3 Å². The van der Waals surface area contributed by atoms with Gasteiger partial charge in [-0.2, -0.15) is 0 Å². The molecule has 4 rings (SSSR count). The molecule has 0 saturated carbocycles. The van der Waals surface area contributed by atoms with Crippen molar-refractivity contribution in [3.63, 3.8) is 0 Å². The van der Waals surface area contributed by atoms with Gasteiger partial charge in [0, 0.05) is 28.6 Å². The van der Waals surface area contributed by atoms with E-state index in [1.165, 1.54) is 11.3 Å². The molecule has 6 heteroatoms. The highest BCUT2D eigenvalue weighted by molar-refractivity contribution is 9.10. The molecule has 2 fully saturated rings. The molecule has 2 aliphatic heterocycles. The number of ether oxygens (including phenoxy) is 1. The van der Waals surface area contributed by atoms with Gasteiger partial charge in [-0.3, -0.25) is 4.79 Å². The van der Waals surface area contributed by atoms with Gasteiger partial charge >= 0.3 is 0 Å². The molecule has 1 aromatic carbocycles. The van der Waals surface area contributed by atoms with Gasteiger partial charge in [0.2, 0.25) is 0 Å².